The minimum absolute atomic E-state index is 0.0202. The molecule has 0 spiro atoms. The maximum atomic E-state index is 12.3. The molecule has 0 aromatic rings. The van der Waals surface area contributed by atoms with Crippen molar-refractivity contribution in [3.05, 3.63) is 11.6 Å². The van der Waals surface area contributed by atoms with E-state index in [1.165, 1.54) is 16.9 Å². The highest BCUT2D eigenvalue weighted by atomic mass is 16.2. The van der Waals surface area contributed by atoms with Gasteiger partial charge in [0, 0.05) is 5.57 Å². The van der Waals surface area contributed by atoms with Crippen molar-refractivity contribution in [1.82, 2.24) is 4.90 Å². The molecule has 7 heteroatoms. The lowest BCUT2D eigenvalue weighted by Gasteiger charge is -2.30. The van der Waals surface area contributed by atoms with Crippen LogP contribution in [0.25, 0.3) is 0 Å². The summed E-state index contributed by atoms with van der Waals surface area (Å²) in [6, 6.07) is -0.665. The van der Waals surface area contributed by atoms with Gasteiger partial charge in [-0.15, -0.1) is 0 Å². The van der Waals surface area contributed by atoms with Crippen LogP contribution in [0.5, 0.6) is 0 Å². The van der Waals surface area contributed by atoms with E-state index in [9.17, 15) is 19.2 Å². The Morgan fingerprint density at radius 2 is 1.70 bits per heavy atom. The van der Waals surface area contributed by atoms with Gasteiger partial charge < -0.3 is 0 Å². The summed E-state index contributed by atoms with van der Waals surface area (Å²) in [5.41, 5.74) is -0.975. The maximum Gasteiger partial charge on any atom is 0.412 e. The first-order valence-corrected chi connectivity index (χ1v) is 7.28. The zero-order valence-electron chi connectivity index (χ0n) is 13.9. The number of Topliss-reactive ketones (excluding diaryl/α,β-unsaturated/α-hetero) is 1. The molecule has 0 atom stereocenters. The molecular weight excluding hydrogens is 298 g/mol. The van der Waals surface area contributed by atoms with Gasteiger partial charge in [-0.1, -0.05) is 20.8 Å². The number of carbonyl (C=O) groups is 4. The van der Waals surface area contributed by atoms with E-state index in [0.717, 1.165) is 11.1 Å². The van der Waals surface area contributed by atoms with Crippen molar-refractivity contribution < 1.29 is 23.8 Å². The second kappa shape index (κ2) is 5.33. The number of amides is 4. The lowest BCUT2D eigenvalue weighted by atomic mass is 9.83. The summed E-state index contributed by atoms with van der Waals surface area (Å²) < 4.78 is 1.23. The van der Waals surface area contributed by atoms with Gasteiger partial charge in [0.2, 0.25) is 12.0 Å². The van der Waals surface area contributed by atoms with Crippen LogP contribution >= 0.6 is 0 Å². The maximum absolute atomic E-state index is 12.3. The lowest BCUT2D eigenvalue weighted by molar-refractivity contribution is -0.451. The van der Waals surface area contributed by atoms with Crippen molar-refractivity contribution in [2.45, 2.75) is 40.2 Å². The molecular formula is C16H20N3O4+. The largest absolute Gasteiger partial charge is 0.412 e. The van der Waals surface area contributed by atoms with Crippen LogP contribution in [0.3, 0.4) is 0 Å². The Hall–Kier alpha value is -2.44. The van der Waals surface area contributed by atoms with E-state index >= 15 is 0 Å². The Bertz CT molecular complexity index is 687. The Morgan fingerprint density at radius 1 is 1.09 bits per heavy atom. The van der Waals surface area contributed by atoms with Gasteiger partial charge in [0.05, 0.1) is 12.3 Å². The molecule has 0 aromatic heterocycles. The molecule has 4 amide bonds. The Labute approximate surface area is 134 Å². The number of urea groups is 1. The zero-order valence-corrected chi connectivity index (χ0v) is 13.9. The first-order valence-electron chi connectivity index (χ1n) is 7.28. The van der Waals surface area contributed by atoms with E-state index in [-0.39, 0.29) is 18.2 Å². The molecule has 122 valence electrons. The highest BCUT2D eigenvalue weighted by molar-refractivity contribution is 6.37. The molecule has 2 rings (SSSR count). The van der Waals surface area contributed by atoms with Gasteiger partial charge >= 0.3 is 11.9 Å². The highest BCUT2D eigenvalue weighted by Gasteiger charge is 2.44. The molecule has 0 radical (unpaired) electrons. The smallest absolute Gasteiger partial charge is 0.283 e. The van der Waals surface area contributed by atoms with Crippen molar-refractivity contribution >= 4 is 36.1 Å². The number of imide groups is 1. The molecule has 0 bridgehead atoms. The number of carbonyl (C=O) groups excluding carboxylic acids is 4. The Kier molecular flexibility index (Phi) is 3.92. The first-order chi connectivity index (χ1) is 10.4. The minimum atomic E-state index is -0.982. The molecule has 2 heterocycles. The van der Waals surface area contributed by atoms with Crippen LogP contribution in [0.15, 0.2) is 16.6 Å². The average molecular weight is 318 g/mol. The van der Waals surface area contributed by atoms with E-state index in [0.29, 0.717) is 5.57 Å². The summed E-state index contributed by atoms with van der Waals surface area (Å²) in [6.07, 6.45) is 3.51. The van der Waals surface area contributed by atoms with Gasteiger partial charge in [-0.3, -0.25) is 9.59 Å². The van der Waals surface area contributed by atoms with Crippen LogP contribution in [0.1, 0.15) is 34.6 Å². The molecule has 7 nitrogen and oxygen atoms in total. The van der Waals surface area contributed by atoms with Crippen LogP contribution in [-0.4, -0.2) is 57.6 Å². The van der Waals surface area contributed by atoms with E-state index in [1.54, 1.807) is 13.8 Å². The number of rotatable bonds is 3. The summed E-state index contributed by atoms with van der Waals surface area (Å²) in [5, 5.41) is 0. The number of hydrogen-bond acceptors (Lipinski definition) is 4. The number of allylic oxidation sites excluding steroid dienone is 1. The van der Waals surface area contributed by atoms with Gasteiger partial charge in [-0.2, -0.15) is 9.57 Å². The standard InChI is InChI=1S/C16H20N3O4/c1-15(2,3)10-6-12(21)18(8-11(10)20)9-16(4,5)19-13(22)7-17-14(19)23/h6-8H,9H2,1-5H3/q+1. The van der Waals surface area contributed by atoms with Gasteiger partial charge in [0.15, 0.2) is 6.54 Å². The van der Waals surface area contributed by atoms with Crippen molar-refractivity contribution in [2.75, 3.05) is 6.54 Å². The SMILES string of the molecule is CC(C)(C)C1=CC(=O)[N+](CC(C)(C)N2C(=O)C=NC2=O)=CC1=O. The van der Waals surface area contributed by atoms with Crippen molar-refractivity contribution in [2.24, 2.45) is 10.4 Å². The number of aliphatic imine (C=N–C) groups is 1. The Morgan fingerprint density at radius 3 is 2.17 bits per heavy atom. The van der Waals surface area contributed by atoms with Crippen LogP contribution < -0.4 is 0 Å². The fourth-order valence-electron chi connectivity index (χ4n) is 2.63. The summed E-state index contributed by atoms with van der Waals surface area (Å²) in [7, 11) is 0. The molecule has 0 aliphatic carbocycles. The van der Waals surface area contributed by atoms with E-state index < -0.39 is 22.9 Å². The fourth-order valence-corrected chi connectivity index (χ4v) is 2.63. The van der Waals surface area contributed by atoms with Crippen molar-refractivity contribution in [1.29, 1.82) is 0 Å². The van der Waals surface area contributed by atoms with Gasteiger partial charge in [0.1, 0.15) is 5.54 Å². The predicted octanol–water partition coefficient (Wildman–Crippen LogP) is 0.963. The Balaban J connectivity index is 2.25. The van der Waals surface area contributed by atoms with Crippen molar-refractivity contribution in [3.63, 3.8) is 0 Å². The lowest BCUT2D eigenvalue weighted by Crippen LogP contribution is -2.54. The number of hydrogen-bond donors (Lipinski definition) is 0. The van der Waals surface area contributed by atoms with Gasteiger partial charge in [0.25, 0.3) is 5.91 Å². The quantitative estimate of drug-likeness (QED) is 0.725. The molecule has 0 saturated carbocycles. The average Bonchev–Trinajstić information content (AvgIpc) is 2.72. The second-order valence-corrected chi connectivity index (χ2v) is 7.29. The minimum Gasteiger partial charge on any atom is -0.283 e. The third kappa shape index (κ3) is 3.18. The fraction of sp³-hybridized carbons (Fsp3) is 0.500. The summed E-state index contributed by atoms with van der Waals surface area (Å²) in [5.74, 6) is -1.12. The molecule has 2 aliphatic heterocycles. The summed E-state index contributed by atoms with van der Waals surface area (Å²) in [4.78, 5) is 52.5. The normalized spacial score (nSPS) is 19.4. The van der Waals surface area contributed by atoms with E-state index in [4.69, 9.17) is 0 Å². The molecule has 0 aromatic carbocycles. The van der Waals surface area contributed by atoms with Crippen molar-refractivity contribution in [3.8, 4) is 0 Å². The van der Waals surface area contributed by atoms with E-state index in [1.807, 2.05) is 20.8 Å². The van der Waals surface area contributed by atoms with Crippen LogP contribution in [0.4, 0.5) is 4.79 Å². The van der Waals surface area contributed by atoms with Gasteiger partial charge in [-0.25, -0.2) is 14.5 Å². The van der Waals surface area contributed by atoms with Crippen LogP contribution in [0, 0.1) is 5.41 Å². The monoisotopic (exact) mass is 318 g/mol. The zero-order chi connectivity index (χ0) is 17.6. The highest BCUT2D eigenvalue weighted by Crippen LogP contribution is 2.27. The first kappa shape index (κ1) is 16.9. The molecule has 0 fully saturated rings. The molecule has 0 N–H and O–H groups in total. The molecule has 0 saturated heterocycles. The number of nitrogens with zero attached hydrogens (tertiary/aromatic N) is 3. The number of ketones is 1. The predicted molar refractivity (Wildman–Crippen MR) is 83.6 cm³/mol. The molecule has 23 heavy (non-hydrogen) atoms. The third-order valence-electron chi connectivity index (χ3n) is 3.76. The van der Waals surface area contributed by atoms with E-state index in [2.05, 4.69) is 4.99 Å². The summed E-state index contributed by atoms with van der Waals surface area (Å²) >= 11 is 0. The van der Waals surface area contributed by atoms with Crippen LogP contribution in [-0.2, 0) is 14.4 Å². The van der Waals surface area contributed by atoms with Crippen LogP contribution in [0.2, 0.25) is 0 Å². The summed E-state index contributed by atoms with van der Waals surface area (Å²) in [6.45, 7) is 8.88. The molecule has 0 unspecified atom stereocenters. The third-order valence-corrected chi connectivity index (χ3v) is 3.76. The molecule has 2 aliphatic rings. The second-order valence-electron chi connectivity index (χ2n) is 7.29. The topological polar surface area (TPSA) is 86.9 Å². The van der Waals surface area contributed by atoms with Gasteiger partial charge in [-0.05, 0) is 19.3 Å².